The monoisotopic (exact) mass is 448 g/mol. The van der Waals surface area contributed by atoms with Gasteiger partial charge in [0.2, 0.25) is 0 Å². The molecule has 0 aliphatic carbocycles. The number of anilines is 1. The van der Waals surface area contributed by atoms with Crippen LogP contribution in [-0.4, -0.2) is 53.8 Å². The van der Waals surface area contributed by atoms with Crippen molar-refractivity contribution in [1.29, 1.82) is 0 Å². The lowest BCUT2D eigenvalue weighted by Crippen LogP contribution is -2.42. The summed E-state index contributed by atoms with van der Waals surface area (Å²) in [7, 11) is 1.73. The van der Waals surface area contributed by atoms with Crippen LogP contribution in [0.5, 0.6) is 0 Å². The minimum Gasteiger partial charge on any atom is -0.389 e. The number of hydrogen-bond donors (Lipinski definition) is 1. The number of nitrogens with zero attached hydrogens (tertiary/aromatic N) is 2. The van der Waals surface area contributed by atoms with E-state index in [4.69, 9.17) is 11.6 Å². The molecule has 1 N–H and O–H groups in total. The molecule has 3 aromatic rings. The molecular weight excluding hydrogens is 428 g/mol. The predicted octanol–water partition coefficient (Wildman–Crippen LogP) is 3.66. The number of carbonyl (C=O) groups excluding carboxylic acids is 3. The molecule has 1 aliphatic rings. The molecule has 162 valence electrons. The molecule has 7 heteroatoms. The molecule has 1 atom stereocenters. The largest absolute Gasteiger partial charge is 0.389 e. The molecule has 0 spiro atoms. The van der Waals surface area contributed by atoms with Crippen LogP contribution in [0.4, 0.5) is 5.69 Å². The average molecular weight is 449 g/mol. The number of aliphatic hydroxyl groups excluding tert-OH is 1. The number of β-amino-alcohol motifs (C(OH)–C–C–N with tert-alkyl or cyclic N) is 1. The van der Waals surface area contributed by atoms with Gasteiger partial charge in [0.1, 0.15) is 0 Å². The van der Waals surface area contributed by atoms with Crippen molar-refractivity contribution in [3.05, 3.63) is 100 Å². The standard InChI is InChI=1S/C25H21ClN2O4/c1-27(14-18(29)15-28-24(31)19-9-5-6-10-20(19)25(28)32)22-12-11-17(26)13-21(22)23(30)16-7-3-2-4-8-16/h2-13,18,29H,14-15H2,1H3. The first-order valence-electron chi connectivity index (χ1n) is 10.1. The fraction of sp³-hybridized carbons (Fsp3) is 0.160. The van der Waals surface area contributed by atoms with Crippen molar-refractivity contribution < 1.29 is 19.5 Å². The summed E-state index contributed by atoms with van der Waals surface area (Å²) >= 11 is 6.15. The maximum atomic E-state index is 13.1. The van der Waals surface area contributed by atoms with Crippen LogP contribution in [0.25, 0.3) is 0 Å². The summed E-state index contributed by atoms with van der Waals surface area (Å²) in [5.41, 5.74) is 2.19. The van der Waals surface area contributed by atoms with Crippen molar-refractivity contribution >= 4 is 34.9 Å². The van der Waals surface area contributed by atoms with Crippen molar-refractivity contribution in [3.63, 3.8) is 0 Å². The van der Waals surface area contributed by atoms with Crippen molar-refractivity contribution in [1.82, 2.24) is 4.90 Å². The highest BCUT2D eigenvalue weighted by Crippen LogP contribution is 2.27. The third kappa shape index (κ3) is 4.15. The number of fused-ring (bicyclic) bond motifs is 1. The average Bonchev–Trinajstić information content (AvgIpc) is 3.04. The van der Waals surface area contributed by atoms with Gasteiger partial charge in [-0.3, -0.25) is 19.3 Å². The quantitative estimate of drug-likeness (QED) is 0.441. The van der Waals surface area contributed by atoms with E-state index in [0.717, 1.165) is 4.90 Å². The number of carbonyl (C=O) groups is 3. The zero-order chi connectivity index (χ0) is 22.8. The van der Waals surface area contributed by atoms with E-state index < -0.39 is 17.9 Å². The van der Waals surface area contributed by atoms with Crippen LogP contribution in [0.3, 0.4) is 0 Å². The Morgan fingerprint density at radius 3 is 2.19 bits per heavy atom. The Bertz CT molecular complexity index is 1160. The van der Waals surface area contributed by atoms with Gasteiger partial charge in [-0.25, -0.2) is 0 Å². The van der Waals surface area contributed by atoms with Gasteiger partial charge in [-0.1, -0.05) is 54.1 Å². The van der Waals surface area contributed by atoms with Gasteiger partial charge in [-0.05, 0) is 30.3 Å². The molecule has 3 aromatic carbocycles. The van der Waals surface area contributed by atoms with Gasteiger partial charge in [0.15, 0.2) is 5.78 Å². The Morgan fingerprint density at radius 2 is 1.56 bits per heavy atom. The molecular formula is C25H21ClN2O4. The lowest BCUT2D eigenvalue weighted by atomic mass is 10.0. The summed E-state index contributed by atoms with van der Waals surface area (Å²) in [6.45, 7) is -0.0453. The summed E-state index contributed by atoms with van der Waals surface area (Å²) in [6.07, 6.45) is -1.02. The molecule has 1 aliphatic heterocycles. The van der Waals surface area contributed by atoms with Gasteiger partial charge in [0.25, 0.3) is 11.8 Å². The number of amides is 2. The van der Waals surface area contributed by atoms with Crippen LogP contribution in [0, 0.1) is 0 Å². The molecule has 32 heavy (non-hydrogen) atoms. The van der Waals surface area contributed by atoms with Crippen molar-refractivity contribution in [2.75, 3.05) is 25.0 Å². The summed E-state index contributed by atoms with van der Waals surface area (Å²) in [5, 5.41) is 11.1. The Morgan fingerprint density at radius 1 is 0.969 bits per heavy atom. The normalized spacial score (nSPS) is 13.8. The summed E-state index contributed by atoms with van der Waals surface area (Å²) in [6, 6.07) is 20.4. The van der Waals surface area contributed by atoms with Crippen LogP contribution >= 0.6 is 11.6 Å². The second kappa shape index (κ2) is 8.94. The number of likely N-dealkylation sites (N-methyl/N-ethyl adjacent to an activating group) is 1. The molecule has 0 fully saturated rings. The van der Waals surface area contributed by atoms with E-state index in [0.29, 0.717) is 33.0 Å². The predicted molar refractivity (Wildman–Crippen MR) is 122 cm³/mol. The second-order valence-corrected chi connectivity index (χ2v) is 8.09. The van der Waals surface area contributed by atoms with E-state index in [9.17, 15) is 19.5 Å². The molecule has 0 radical (unpaired) electrons. The number of rotatable bonds is 7. The smallest absolute Gasteiger partial charge is 0.261 e. The highest BCUT2D eigenvalue weighted by Gasteiger charge is 2.36. The molecule has 0 aromatic heterocycles. The second-order valence-electron chi connectivity index (χ2n) is 7.66. The minimum absolute atomic E-state index is 0.101. The molecule has 6 nitrogen and oxygen atoms in total. The third-order valence-corrected chi connectivity index (χ3v) is 5.64. The lowest BCUT2D eigenvalue weighted by molar-refractivity contribution is 0.0552. The molecule has 1 unspecified atom stereocenters. The molecule has 0 bridgehead atoms. The van der Waals surface area contributed by atoms with E-state index in [-0.39, 0.29) is 18.9 Å². The van der Waals surface area contributed by atoms with Crippen molar-refractivity contribution in [3.8, 4) is 0 Å². The van der Waals surface area contributed by atoms with Crippen molar-refractivity contribution in [2.24, 2.45) is 0 Å². The number of aliphatic hydroxyl groups is 1. The van der Waals surface area contributed by atoms with E-state index in [1.54, 1.807) is 78.7 Å². The maximum Gasteiger partial charge on any atom is 0.261 e. The first kappa shape index (κ1) is 21.7. The Kier molecular flexibility index (Phi) is 6.08. The van der Waals surface area contributed by atoms with Gasteiger partial charge < -0.3 is 10.0 Å². The van der Waals surface area contributed by atoms with E-state index >= 15 is 0 Å². The number of hydrogen-bond acceptors (Lipinski definition) is 5. The van der Waals surface area contributed by atoms with Gasteiger partial charge in [0.05, 0.1) is 23.8 Å². The highest BCUT2D eigenvalue weighted by atomic mass is 35.5. The Hall–Kier alpha value is -3.48. The van der Waals surface area contributed by atoms with Gasteiger partial charge in [0, 0.05) is 35.4 Å². The maximum absolute atomic E-state index is 13.1. The molecule has 2 amide bonds. The van der Waals surface area contributed by atoms with Crippen LogP contribution in [0.15, 0.2) is 72.8 Å². The fourth-order valence-electron chi connectivity index (χ4n) is 3.86. The zero-order valence-electron chi connectivity index (χ0n) is 17.4. The SMILES string of the molecule is CN(CC(O)CN1C(=O)c2ccccc2C1=O)c1ccc(Cl)cc1C(=O)c1ccccc1. The summed E-state index contributed by atoms with van der Waals surface area (Å²) in [5.74, 6) is -1.03. The molecule has 1 heterocycles. The van der Waals surface area contributed by atoms with Crippen LogP contribution in [0.2, 0.25) is 5.02 Å². The van der Waals surface area contributed by atoms with Gasteiger partial charge >= 0.3 is 0 Å². The third-order valence-electron chi connectivity index (χ3n) is 5.41. The summed E-state index contributed by atoms with van der Waals surface area (Å²) in [4.78, 5) is 40.9. The summed E-state index contributed by atoms with van der Waals surface area (Å²) < 4.78 is 0. The van der Waals surface area contributed by atoms with Crippen molar-refractivity contribution in [2.45, 2.75) is 6.10 Å². The molecule has 4 rings (SSSR count). The Labute approximate surface area is 190 Å². The van der Waals surface area contributed by atoms with Gasteiger partial charge in [-0.2, -0.15) is 0 Å². The fourth-order valence-corrected chi connectivity index (χ4v) is 4.03. The number of imide groups is 1. The first-order chi connectivity index (χ1) is 15.4. The van der Waals surface area contributed by atoms with E-state index in [1.165, 1.54) is 0 Å². The lowest BCUT2D eigenvalue weighted by Gasteiger charge is -2.26. The van der Waals surface area contributed by atoms with Crippen LogP contribution in [0.1, 0.15) is 36.6 Å². The van der Waals surface area contributed by atoms with Gasteiger partial charge in [-0.15, -0.1) is 0 Å². The topological polar surface area (TPSA) is 77.9 Å². The zero-order valence-corrected chi connectivity index (χ0v) is 18.1. The molecule has 0 saturated heterocycles. The number of ketones is 1. The Balaban J connectivity index is 1.51. The minimum atomic E-state index is -1.02. The highest BCUT2D eigenvalue weighted by molar-refractivity contribution is 6.31. The van der Waals surface area contributed by atoms with Crippen LogP contribution < -0.4 is 4.90 Å². The molecule has 0 saturated carbocycles. The van der Waals surface area contributed by atoms with E-state index in [1.807, 2.05) is 6.07 Å². The van der Waals surface area contributed by atoms with E-state index in [2.05, 4.69) is 0 Å². The van der Waals surface area contributed by atoms with Crippen LogP contribution in [-0.2, 0) is 0 Å². The number of benzene rings is 3. The number of halogens is 1. The first-order valence-corrected chi connectivity index (χ1v) is 10.5.